The van der Waals surface area contributed by atoms with Crippen molar-refractivity contribution >= 4 is 15.5 Å². The van der Waals surface area contributed by atoms with E-state index in [9.17, 15) is 17.2 Å². The maximum absolute atomic E-state index is 13.1. The first-order chi connectivity index (χ1) is 6.81. The largest absolute Gasteiger partial charge is 0.398 e. The van der Waals surface area contributed by atoms with E-state index in [-0.39, 0.29) is 0 Å². The van der Waals surface area contributed by atoms with Crippen molar-refractivity contribution in [2.75, 3.05) is 6.26 Å². The van der Waals surface area contributed by atoms with Crippen molar-refractivity contribution in [3.05, 3.63) is 40.8 Å². The van der Waals surface area contributed by atoms with Gasteiger partial charge < -0.3 is 5.73 Å². The van der Waals surface area contributed by atoms with Crippen LogP contribution in [0.4, 0.5) is 8.78 Å². The number of benzene rings is 1. The van der Waals surface area contributed by atoms with Gasteiger partial charge in [-0.05, 0) is 12.1 Å². The van der Waals surface area contributed by atoms with Gasteiger partial charge in [0.2, 0.25) is 0 Å². The summed E-state index contributed by atoms with van der Waals surface area (Å²) >= 11 is 0. The fourth-order valence-electron chi connectivity index (χ4n) is 1.06. The van der Waals surface area contributed by atoms with Crippen LogP contribution in [0.3, 0.4) is 0 Å². The lowest BCUT2D eigenvalue weighted by Crippen LogP contribution is -2.05. The number of rotatable bonds is 2. The van der Waals surface area contributed by atoms with Crippen LogP contribution < -0.4 is 5.73 Å². The average Bonchev–Trinajstić information content (AvgIpc) is 1.99. The quantitative estimate of drug-likeness (QED) is 0.836. The van der Waals surface area contributed by atoms with E-state index in [1.165, 1.54) is 6.07 Å². The summed E-state index contributed by atoms with van der Waals surface area (Å²) < 4.78 is 47.9. The Hall–Kier alpha value is -1.43. The molecule has 0 aliphatic carbocycles. The molecule has 0 fully saturated rings. The molecule has 3 nitrogen and oxygen atoms in total. The van der Waals surface area contributed by atoms with E-state index < -0.39 is 32.7 Å². The molecular weight excluding hydrogens is 224 g/mol. The van der Waals surface area contributed by atoms with E-state index in [2.05, 4.69) is 0 Å². The Morgan fingerprint density at radius 1 is 1.33 bits per heavy atom. The number of nitrogens with two attached hydrogens (primary N) is 1. The molecule has 0 atom stereocenters. The smallest absolute Gasteiger partial charge is 0.170 e. The molecule has 6 heteroatoms. The molecule has 2 N–H and O–H groups in total. The molecule has 0 spiro atoms. The van der Waals surface area contributed by atoms with Gasteiger partial charge in [0.25, 0.3) is 0 Å². The first-order valence-electron chi connectivity index (χ1n) is 3.93. The van der Waals surface area contributed by atoms with Crippen LogP contribution in [0.15, 0.2) is 23.6 Å². The molecule has 0 amide bonds. The van der Waals surface area contributed by atoms with Gasteiger partial charge in [0.15, 0.2) is 9.84 Å². The molecule has 1 aromatic carbocycles. The Morgan fingerprint density at radius 3 is 2.20 bits per heavy atom. The predicted molar refractivity (Wildman–Crippen MR) is 53.4 cm³/mol. The summed E-state index contributed by atoms with van der Waals surface area (Å²) in [5, 5.41) is 0.620. The van der Waals surface area contributed by atoms with Gasteiger partial charge in [0.1, 0.15) is 11.6 Å². The second-order valence-corrected chi connectivity index (χ2v) is 4.89. The number of hydrogen-bond acceptors (Lipinski definition) is 3. The highest BCUT2D eigenvalue weighted by molar-refractivity contribution is 7.93. The van der Waals surface area contributed by atoms with Crippen LogP contribution in [0.5, 0.6) is 0 Å². The Kier molecular flexibility index (Phi) is 3.09. The molecule has 0 aliphatic heterocycles. The van der Waals surface area contributed by atoms with E-state index in [4.69, 9.17) is 5.73 Å². The second kappa shape index (κ2) is 3.98. The normalized spacial score (nSPS) is 12.9. The third-order valence-electron chi connectivity index (χ3n) is 1.59. The SMILES string of the molecule is CS(=O)(=O)C=C(N)c1c(F)cccc1F. The molecule has 0 radical (unpaired) electrons. The molecule has 0 saturated carbocycles. The van der Waals surface area contributed by atoms with Crippen molar-refractivity contribution in [1.29, 1.82) is 0 Å². The van der Waals surface area contributed by atoms with Gasteiger partial charge in [-0.3, -0.25) is 0 Å². The molecule has 0 bridgehead atoms. The van der Waals surface area contributed by atoms with Gasteiger partial charge in [0, 0.05) is 6.26 Å². The fourth-order valence-corrected chi connectivity index (χ4v) is 1.64. The maximum Gasteiger partial charge on any atom is 0.170 e. The van der Waals surface area contributed by atoms with Crippen molar-refractivity contribution in [2.45, 2.75) is 0 Å². The molecule has 1 rings (SSSR count). The molecule has 0 saturated heterocycles. The monoisotopic (exact) mass is 233 g/mol. The second-order valence-electron chi connectivity index (χ2n) is 3.00. The summed E-state index contributed by atoms with van der Waals surface area (Å²) in [5.74, 6) is -1.79. The minimum atomic E-state index is -3.53. The van der Waals surface area contributed by atoms with E-state index in [0.717, 1.165) is 18.4 Å². The third kappa shape index (κ3) is 3.02. The highest BCUT2D eigenvalue weighted by Gasteiger charge is 2.12. The molecule has 15 heavy (non-hydrogen) atoms. The fraction of sp³-hybridized carbons (Fsp3) is 0.111. The Labute approximate surface area is 86.1 Å². The predicted octanol–water partition coefficient (Wildman–Crippen LogP) is 1.27. The Balaban J connectivity index is 3.35. The molecule has 0 aliphatic rings. The van der Waals surface area contributed by atoms with Crippen LogP contribution in [0.25, 0.3) is 5.70 Å². The lowest BCUT2D eigenvalue weighted by molar-refractivity contribution is 0.576. The van der Waals surface area contributed by atoms with Crippen LogP contribution in [0.1, 0.15) is 5.56 Å². The summed E-state index contributed by atoms with van der Waals surface area (Å²) in [6, 6.07) is 3.17. The number of hydrogen-bond donors (Lipinski definition) is 1. The summed E-state index contributed by atoms with van der Waals surface area (Å²) in [4.78, 5) is 0. The van der Waals surface area contributed by atoms with Crippen molar-refractivity contribution in [3.8, 4) is 0 Å². The van der Waals surface area contributed by atoms with Crippen LogP contribution in [0, 0.1) is 11.6 Å². The minimum Gasteiger partial charge on any atom is -0.398 e. The highest BCUT2D eigenvalue weighted by atomic mass is 32.2. The van der Waals surface area contributed by atoms with Gasteiger partial charge in [0.05, 0.1) is 16.7 Å². The topological polar surface area (TPSA) is 60.2 Å². The first kappa shape index (κ1) is 11.6. The van der Waals surface area contributed by atoms with Crippen molar-refractivity contribution in [1.82, 2.24) is 0 Å². The molecule has 0 unspecified atom stereocenters. The maximum atomic E-state index is 13.1. The standard InChI is InChI=1S/C9H9F2NO2S/c1-15(13,14)5-8(12)9-6(10)3-2-4-7(9)11/h2-5H,12H2,1H3. The van der Waals surface area contributed by atoms with E-state index >= 15 is 0 Å². The zero-order valence-corrected chi connectivity index (χ0v) is 8.68. The van der Waals surface area contributed by atoms with E-state index in [1.54, 1.807) is 0 Å². The highest BCUT2D eigenvalue weighted by Crippen LogP contribution is 2.18. The lowest BCUT2D eigenvalue weighted by atomic mass is 10.1. The van der Waals surface area contributed by atoms with Crippen molar-refractivity contribution < 1.29 is 17.2 Å². The van der Waals surface area contributed by atoms with Gasteiger partial charge in [-0.15, -0.1) is 0 Å². The van der Waals surface area contributed by atoms with Crippen molar-refractivity contribution in [2.24, 2.45) is 5.73 Å². The molecule has 0 aromatic heterocycles. The Bertz CT molecular complexity index is 489. The van der Waals surface area contributed by atoms with E-state index in [0.29, 0.717) is 5.41 Å². The van der Waals surface area contributed by atoms with Gasteiger partial charge in [-0.25, -0.2) is 17.2 Å². The summed E-state index contributed by atoms with van der Waals surface area (Å²) in [6.07, 6.45) is 0.888. The zero-order valence-electron chi connectivity index (χ0n) is 7.87. The van der Waals surface area contributed by atoms with Crippen LogP contribution in [-0.2, 0) is 9.84 Å². The lowest BCUT2D eigenvalue weighted by Gasteiger charge is -2.04. The number of halogens is 2. The summed E-state index contributed by atoms with van der Waals surface area (Å²) in [5.41, 5.74) is 4.31. The van der Waals surface area contributed by atoms with Crippen LogP contribution in [0.2, 0.25) is 0 Å². The summed E-state index contributed by atoms with van der Waals surface area (Å²) in [7, 11) is -3.53. The molecule has 1 aromatic rings. The minimum absolute atomic E-state index is 0.451. The van der Waals surface area contributed by atoms with Crippen LogP contribution >= 0.6 is 0 Å². The van der Waals surface area contributed by atoms with Crippen LogP contribution in [-0.4, -0.2) is 14.7 Å². The number of sulfone groups is 1. The van der Waals surface area contributed by atoms with Gasteiger partial charge in [-0.1, -0.05) is 6.07 Å². The molecule has 82 valence electrons. The van der Waals surface area contributed by atoms with Crippen molar-refractivity contribution in [3.63, 3.8) is 0 Å². The third-order valence-corrected chi connectivity index (χ3v) is 2.27. The summed E-state index contributed by atoms with van der Waals surface area (Å²) in [6.45, 7) is 0. The molecule has 0 heterocycles. The van der Waals surface area contributed by atoms with E-state index in [1.807, 2.05) is 0 Å². The van der Waals surface area contributed by atoms with Gasteiger partial charge >= 0.3 is 0 Å². The Morgan fingerprint density at radius 2 is 1.80 bits per heavy atom. The zero-order chi connectivity index (χ0) is 11.6. The van der Waals surface area contributed by atoms with Gasteiger partial charge in [-0.2, -0.15) is 0 Å². The molecular formula is C9H9F2NO2S. The first-order valence-corrected chi connectivity index (χ1v) is 5.88. The average molecular weight is 233 g/mol.